The first-order valence-electron chi connectivity index (χ1n) is 8.99. The minimum atomic E-state index is -0.284. The molecule has 0 spiro atoms. The molecule has 3 rings (SSSR count). The van der Waals surface area contributed by atoms with Crippen molar-refractivity contribution in [3.05, 3.63) is 34.9 Å². The summed E-state index contributed by atoms with van der Waals surface area (Å²) in [7, 11) is 0. The maximum Gasteiger partial charge on any atom is 0.0833 e. The van der Waals surface area contributed by atoms with E-state index in [1.807, 2.05) is 0 Å². The quantitative estimate of drug-likeness (QED) is 0.890. The van der Waals surface area contributed by atoms with Gasteiger partial charge < -0.3 is 10.0 Å². The summed E-state index contributed by atoms with van der Waals surface area (Å²) in [5.41, 5.74) is 4.04. The second-order valence-electron chi connectivity index (χ2n) is 8.27. The normalized spacial score (nSPS) is 26.7. The van der Waals surface area contributed by atoms with Gasteiger partial charge in [-0.25, -0.2) is 0 Å². The maximum absolute atomic E-state index is 10.9. The molecule has 2 aliphatic rings. The molecule has 0 radical (unpaired) electrons. The van der Waals surface area contributed by atoms with E-state index in [0.29, 0.717) is 5.92 Å². The Morgan fingerprint density at radius 3 is 2.55 bits per heavy atom. The van der Waals surface area contributed by atoms with Crippen molar-refractivity contribution in [2.24, 2.45) is 5.92 Å². The molecule has 0 saturated carbocycles. The van der Waals surface area contributed by atoms with Crippen LogP contribution in [0.5, 0.6) is 0 Å². The van der Waals surface area contributed by atoms with E-state index in [1.54, 1.807) is 0 Å². The van der Waals surface area contributed by atoms with Crippen molar-refractivity contribution in [2.45, 2.75) is 64.4 Å². The van der Waals surface area contributed by atoms with Crippen LogP contribution in [0.1, 0.15) is 69.2 Å². The number of hydrogen-bond acceptors (Lipinski definition) is 2. The minimum Gasteiger partial charge on any atom is -0.388 e. The molecule has 0 aromatic heterocycles. The largest absolute Gasteiger partial charge is 0.388 e. The summed E-state index contributed by atoms with van der Waals surface area (Å²) in [4.78, 5) is 2.57. The van der Waals surface area contributed by atoms with Gasteiger partial charge in [0.1, 0.15) is 0 Å². The van der Waals surface area contributed by atoms with Crippen molar-refractivity contribution in [2.75, 3.05) is 19.6 Å². The first-order valence-corrected chi connectivity index (χ1v) is 8.99. The van der Waals surface area contributed by atoms with Crippen LogP contribution in [0.2, 0.25) is 0 Å². The molecule has 0 amide bonds. The lowest BCUT2D eigenvalue weighted by molar-refractivity contribution is 0.0605. The topological polar surface area (TPSA) is 23.5 Å². The average molecular weight is 301 g/mol. The molecule has 1 aliphatic heterocycles. The molecule has 2 atom stereocenters. The fourth-order valence-corrected chi connectivity index (χ4v) is 3.98. The summed E-state index contributed by atoms with van der Waals surface area (Å²) in [6.45, 7) is 10.2. The number of aryl methyl sites for hydroxylation is 1. The lowest BCUT2D eigenvalue weighted by Crippen LogP contribution is -2.37. The molecule has 0 bridgehead atoms. The zero-order valence-electron chi connectivity index (χ0n) is 14.4. The molecule has 1 aromatic rings. The first kappa shape index (κ1) is 16.0. The summed E-state index contributed by atoms with van der Waals surface area (Å²) < 4.78 is 0. The molecular weight excluding hydrogens is 270 g/mol. The Balaban J connectivity index is 1.76. The Hall–Kier alpha value is -0.860. The van der Waals surface area contributed by atoms with Gasteiger partial charge in [0, 0.05) is 12.5 Å². The number of likely N-dealkylation sites (tertiary alicyclic amines) is 1. The van der Waals surface area contributed by atoms with Crippen LogP contribution in [0.3, 0.4) is 0 Å². The monoisotopic (exact) mass is 301 g/mol. The standard InChI is InChI=1S/C20H31NO/c1-20(2,3)17-10-9-15-7-8-16(19(22)18(15)13-17)14-21-11-5-4-6-12-21/h9-10,13,16,19,22H,4-8,11-12,14H2,1-3H3/t16-,19+/m0/s1. The third-order valence-electron chi connectivity index (χ3n) is 5.50. The van der Waals surface area contributed by atoms with Crippen LogP contribution in [-0.4, -0.2) is 29.6 Å². The highest BCUT2D eigenvalue weighted by Crippen LogP contribution is 2.37. The number of benzene rings is 1. The Morgan fingerprint density at radius 1 is 1.14 bits per heavy atom. The van der Waals surface area contributed by atoms with E-state index in [9.17, 15) is 5.11 Å². The van der Waals surface area contributed by atoms with E-state index in [-0.39, 0.29) is 11.5 Å². The molecule has 1 aliphatic carbocycles. The van der Waals surface area contributed by atoms with Gasteiger partial charge in [0.25, 0.3) is 0 Å². The zero-order valence-corrected chi connectivity index (χ0v) is 14.4. The van der Waals surface area contributed by atoms with Gasteiger partial charge in [-0.2, -0.15) is 0 Å². The van der Waals surface area contributed by atoms with Gasteiger partial charge in [-0.15, -0.1) is 0 Å². The fourth-order valence-electron chi connectivity index (χ4n) is 3.98. The maximum atomic E-state index is 10.9. The highest BCUT2D eigenvalue weighted by atomic mass is 16.3. The highest BCUT2D eigenvalue weighted by molar-refractivity contribution is 5.38. The van der Waals surface area contributed by atoms with Crippen molar-refractivity contribution in [1.82, 2.24) is 4.90 Å². The second kappa shape index (κ2) is 6.33. The Kier molecular flexibility index (Phi) is 4.61. The smallest absolute Gasteiger partial charge is 0.0833 e. The van der Waals surface area contributed by atoms with Crippen LogP contribution < -0.4 is 0 Å². The molecule has 1 aromatic carbocycles. The molecular formula is C20H31NO. The van der Waals surface area contributed by atoms with Crippen LogP contribution in [0.15, 0.2) is 18.2 Å². The second-order valence-corrected chi connectivity index (χ2v) is 8.27. The highest BCUT2D eigenvalue weighted by Gasteiger charge is 2.30. The van der Waals surface area contributed by atoms with Gasteiger partial charge in [0.2, 0.25) is 0 Å². The van der Waals surface area contributed by atoms with Crippen LogP contribution in [0.4, 0.5) is 0 Å². The van der Waals surface area contributed by atoms with E-state index < -0.39 is 0 Å². The number of piperidine rings is 1. The van der Waals surface area contributed by atoms with E-state index in [4.69, 9.17) is 0 Å². The van der Waals surface area contributed by atoms with Gasteiger partial charge in [-0.1, -0.05) is 45.4 Å². The molecule has 1 N–H and O–H groups in total. The van der Waals surface area contributed by atoms with Crippen LogP contribution in [-0.2, 0) is 11.8 Å². The molecule has 122 valence electrons. The van der Waals surface area contributed by atoms with E-state index in [1.165, 1.54) is 49.0 Å². The summed E-state index contributed by atoms with van der Waals surface area (Å²) in [6, 6.07) is 6.76. The number of aliphatic hydroxyl groups excluding tert-OH is 1. The molecule has 2 heteroatoms. The number of hydrogen-bond donors (Lipinski definition) is 1. The van der Waals surface area contributed by atoms with Crippen molar-refractivity contribution >= 4 is 0 Å². The van der Waals surface area contributed by atoms with E-state index in [2.05, 4.69) is 43.9 Å². The van der Waals surface area contributed by atoms with E-state index >= 15 is 0 Å². The van der Waals surface area contributed by atoms with Crippen LogP contribution in [0.25, 0.3) is 0 Å². The molecule has 0 unspecified atom stereocenters. The van der Waals surface area contributed by atoms with Gasteiger partial charge >= 0.3 is 0 Å². The molecule has 1 saturated heterocycles. The van der Waals surface area contributed by atoms with Crippen molar-refractivity contribution in [3.8, 4) is 0 Å². The predicted octanol–water partition coefficient (Wildman–Crippen LogP) is 4.07. The summed E-state index contributed by atoms with van der Waals surface area (Å²) in [5, 5.41) is 10.9. The lowest BCUT2D eigenvalue weighted by Gasteiger charge is -2.36. The summed E-state index contributed by atoms with van der Waals surface area (Å²) in [5.74, 6) is 0.404. The number of aliphatic hydroxyl groups is 1. The Labute approximate surface area is 135 Å². The average Bonchev–Trinajstić information content (AvgIpc) is 2.50. The number of fused-ring (bicyclic) bond motifs is 1. The lowest BCUT2D eigenvalue weighted by atomic mass is 9.77. The SMILES string of the molecule is CC(C)(C)c1ccc2c(c1)[C@H](O)[C@H](CN1CCCCC1)CC2. The molecule has 1 heterocycles. The zero-order chi connectivity index (χ0) is 15.7. The van der Waals surface area contributed by atoms with E-state index in [0.717, 1.165) is 19.4 Å². The van der Waals surface area contributed by atoms with Crippen LogP contribution >= 0.6 is 0 Å². The third-order valence-corrected chi connectivity index (χ3v) is 5.50. The number of rotatable bonds is 2. The molecule has 22 heavy (non-hydrogen) atoms. The third kappa shape index (κ3) is 3.38. The van der Waals surface area contributed by atoms with Crippen molar-refractivity contribution in [3.63, 3.8) is 0 Å². The van der Waals surface area contributed by atoms with Gasteiger partial charge in [-0.05, 0) is 60.9 Å². The summed E-state index contributed by atoms with van der Waals surface area (Å²) >= 11 is 0. The molecule has 1 fully saturated rings. The van der Waals surface area contributed by atoms with Crippen LogP contribution in [0, 0.1) is 5.92 Å². The number of nitrogens with zero attached hydrogens (tertiary/aromatic N) is 1. The Morgan fingerprint density at radius 2 is 1.86 bits per heavy atom. The minimum absolute atomic E-state index is 0.147. The fraction of sp³-hybridized carbons (Fsp3) is 0.700. The van der Waals surface area contributed by atoms with Gasteiger partial charge in [0.15, 0.2) is 0 Å². The predicted molar refractivity (Wildman–Crippen MR) is 92.2 cm³/mol. The summed E-state index contributed by atoms with van der Waals surface area (Å²) in [6.07, 6.45) is 5.99. The van der Waals surface area contributed by atoms with Crippen molar-refractivity contribution < 1.29 is 5.11 Å². The first-order chi connectivity index (χ1) is 10.4. The Bertz CT molecular complexity index is 511. The van der Waals surface area contributed by atoms with Gasteiger partial charge in [0.05, 0.1) is 6.10 Å². The van der Waals surface area contributed by atoms with Crippen molar-refractivity contribution in [1.29, 1.82) is 0 Å². The van der Waals surface area contributed by atoms with Gasteiger partial charge in [-0.3, -0.25) is 0 Å². The molecule has 2 nitrogen and oxygen atoms in total.